The molecule has 0 aliphatic carbocycles. The molecule has 0 spiro atoms. The molecule has 2 heterocycles. The van der Waals surface area contributed by atoms with Gasteiger partial charge >= 0.3 is 12.5 Å². The molecular weight excluding hydrogens is 236 g/mol. The average molecular weight is 251 g/mol. The zero-order chi connectivity index (χ0) is 13.2. The van der Waals surface area contributed by atoms with Crippen molar-refractivity contribution in [1.82, 2.24) is 0 Å². The summed E-state index contributed by atoms with van der Waals surface area (Å²) in [5, 5.41) is 0. The first-order valence-electron chi connectivity index (χ1n) is 6.02. The minimum absolute atomic E-state index is 0.829. The zero-order valence-corrected chi connectivity index (χ0v) is 10.5. The first kappa shape index (κ1) is 12.8. The van der Waals surface area contributed by atoms with Crippen LogP contribution in [0.15, 0.2) is 95.8 Å². The van der Waals surface area contributed by atoms with Crippen LogP contribution >= 0.6 is 0 Å². The molecule has 1 aromatic rings. The third-order valence-electron chi connectivity index (χ3n) is 2.33. The van der Waals surface area contributed by atoms with Gasteiger partial charge in [0, 0.05) is 12.1 Å². The maximum Gasteiger partial charge on any atom is 0.318 e. The van der Waals surface area contributed by atoms with Gasteiger partial charge in [-0.05, 0) is 23.8 Å². The quantitative estimate of drug-likeness (QED) is 0.572. The largest absolute Gasteiger partial charge is 0.465 e. The highest BCUT2D eigenvalue weighted by atomic mass is 16.5. The van der Waals surface area contributed by atoms with Gasteiger partial charge in [0.25, 0.3) is 0 Å². The van der Waals surface area contributed by atoms with E-state index in [1.54, 1.807) is 18.8 Å². The lowest BCUT2D eigenvalue weighted by Gasteiger charge is -2.01. The Morgan fingerprint density at radius 2 is 1.68 bits per heavy atom. The highest BCUT2D eigenvalue weighted by molar-refractivity contribution is 5.49. The van der Waals surface area contributed by atoms with Crippen LogP contribution in [0.5, 0.6) is 0 Å². The predicted molar refractivity (Wildman–Crippen MR) is 77.9 cm³/mol. The van der Waals surface area contributed by atoms with Crippen LogP contribution in [-0.2, 0) is 4.74 Å². The van der Waals surface area contributed by atoms with Gasteiger partial charge in [-0.2, -0.15) is 0 Å². The van der Waals surface area contributed by atoms with Gasteiger partial charge in [-0.25, -0.2) is 4.42 Å². The molecule has 1 aliphatic heterocycles. The summed E-state index contributed by atoms with van der Waals surface area (Å²) >= 11 is 0. The van der Waals surface area contributed by atoms with Crippen molar-refractivity contribution in [2.24, 2.45) is 0 Å². The summed E-state index contributed by atoms with van der Waals surface area (Å²) in [4.78, 5) is 0. The third kappa shape index (κ3) is 5.04. The van der Waals surface area contributed by atoms with Crippen LogP contribution in [-0.4, -0.2) is 0 Å². The number of rotatable bonds is 4. The average Bonchev–Trinajstić information content (AvgIpc) is 2.48. The molecule has 1 aliphatic rings. The summed E-state index contributed by atoms with van der Waals surface area (Å²) in [7, 11) is 0. The van der Waals surface area contributed by atoms with E-state index >= 15 is 0 Å². The van der Waals surface area contributed by atoms with Crippen LogP contribution < -0.4 is 0 Å². The molecule has 0 atom stereocenters. The van der Waals surface area contributed by atoms with Crippen molar-refractivity contribution >= 4 is 6.08 Å². The van der Waals surface area contributed by atoms with Crippen LogP contribution in [0.3, 0.4) is 0 Å². The summed E-state index contributed by atoms with van der Waals surface area (Å²) in [6.07, 6.45) is 24.4. The fourth-order valence-corrected chi connectivity index (χ4v) is 1.40. The van der Waals surface area contributed by atoms with E-state index in [9.17, 15) is 0 Å². The van der Waals surface area contributed by atoms with Gasteiger partial charge in [0.2, 0.25) is 0 Å². The molecular formula is C17H15O2+. The van der Waals surface area contributed by atoms with Gasteiger partial charge in [0.1, 0.15) is 5.76 Å². The van der Waals surface area contributed by atoms with Gasteiger partial charge in [-0.1, -0.05) is 42.5 Å². The van der Waals surface area contributed by atoms with Crippen molar-refractivity contribution in [2.75, 3.05) is 0 Å². The molecule has 0 radical (unpaired) electrons. The topological polar surface area (TPSA) is 20.5 Å². The second-order valence-corrected chi connectivity index (χ2v) is 3.75. The lowest BCUT2D eigenvalue weighted by Crippen LogP contribution is -1.82. The Labute approximate surface area is 113 Å². The lowest BCUT2D eigenvalue weighted by atomic mass is 10.2. The molecule has 0 unspecified atom stereocenters. The van der Waals surface area contributed by atoms with Crippen molar-refractivity contribution in [3.05, 3.63) is 96.9 Å². The van der Waals surface area contributed by atoms with Gasteiger partial charge in [-0.15, -0.1) is 0 Å². The summed E-state index contributed by atoms with van der Waals surface area (Å²) in [5.41, 5.74) is 1.11. The van der Waals surface area contributed by atoms with Crippen molar-refractivity contribution < 1.29 is 9.15 Å². The summed E-state index contributed by atoms with van der Waals surface area (Å²) in [5.74, 6) is 0.829. The first-order valence-corrected chi connectivity index (χ1v) is 6.02. The molecule has 2 rings (SSSR count). The molecule has 0 fully saturated rings. The second-order valence-electron chi connectivity index (χ2n) is 3.75. The minimum Gasteiger partial charge on any atom is -0.465 e. The Morgan fingerprint density at radius 1 is 0.895 bits per heavy atom. The van der Waals surface area contributed by atoms with E-state index in [1.807, 2.05) is 72.9 Å². The first-order chi connectivity index (χ1) is 9.45. The molecule has 0 saturated carbocycles. The second kappa shape index (κ2) is 7.67. The van der Waals surface area contributed by atoms with Crippen molar-refractivity contribution in [1.29, 1.82) is 0 Å². The fourth-order valence-electron chi connectivity index (χ4n) is 1.40. The maximum atomic E-state index is 5.26. The van der Waals surface area contributed by atoms with E-state index in [-0.39, 0.29) is 0 Å². The van der Waals surface area contributed by atoms with Crippen LogP contribution in [0.4, 0.5) is 0 Å². The van der Waals surface area contributed by atoms with Gasteiger partial charge in [-0.3, -0.25) is 0 Å². The molecule has 0 amide bonds. The molecule has 2 heteroatoms. The van der Waals surface area contributed by atoms with Gasteiger partial charge in [0.05, 0.1) is 6.26 Å². The highest BCUT2D eigenvalue weighted by Gasteiger charge is 1.90. The Bertz CT molecular complexity index is 558. The van der Waals surface area contributed by atoms with Gasteiger partial charge in [0.15, 0.2) is 0 Å². The zero-order valence-electron chi connectivity index (χ0n) is 10.5. The molecule has 2 nitrogen and oxygen atoms in total. The highest BCUT2D eigenvalue weighted by Crippen LogP contribution is 2.06. The molecule has 0 aromatic carbocycles. The molecule has 0 saturated heterocycles. The molecule has 0 bridgehead atoms. The Hall–Kier alpha value is -2.61. The lowest BCUT2D eigenvalue weighted by molar-refractivity contribution is 0.365. The minimum atomic E-state index is 0.829. The summed E-state index contributed by atoms with van der Waals surface area (Å²) in [6, 6.07) is 3.82. The van der Waals surface area contributed by atoms with Crippen LogP contribution in [0.1, 0.15) is 5.56 Å². The Balaban J connectivity index is 1.79. The normalized spacial score (nSPS) is 16.9. The van der Waals surface area contributed by atoms with Crippen LogP contribution in [0.2, 0.25) is 0 Å². The van der Waals surface area contributed by atoms with E-state index in [0.29, 0.717) is 0 Å². The van der Waals surface area contributed by atoms with E-state index in [4.69, 9.17) is 9.15 Å². The molecule has 0 N–H and O–H groups in total. The Kier molecular flexibility index (Phi) is 5.18. The van der Waals surface area contributed by atoms with E-state index < -0.39 is 0 Å². The van der Waals surface area contributed by atoms with Crippen LogP contribution in [0.25, 0.3) is 6.08 Å². The van der Waals surface area contributed by atoms with Crippen molar-refractivity contribution in [3.63, 3.8) is 0 Å². The van der Waals surface area contributed by atoms with Crippen LogP contribution in [0, 0.1) is 0 Å². The fraction of sp³-hybridized carbons (Fsp3) is 0. The van der Waals surface area contributed by atoms with E-state index in [0.717, 1.165) is 11.3 Å². The predicted octanol–water partition coefficient (Wildman–Crippen LogP) is 4.67. The van der Waals surface area contributed by atoms with Gasteiger partial charge < -0.3 is 4.74 Å². The van der Waals surface area contributed by atoms with E-state index in [2.05, 4.69) is 0 Å². The third-order valence-corrected chi connectivity index (χ3v) is 2.33. The molecule has 1 aromatic heterocycles. The monoisotopic (exact) mass is 251 g/mol. The number of hydrogen-bond donors (Lipinski definition) is 0. The summed E-state index contributed by atoms with van der Waals surface area (Å²) in [6.45, 7) is 0. The Morgan fingerprint density at radius 3 is 2.47 bits per heavy atom. The summed E-state index contributed by atoms with van der Waals surface area (Å²) < 4.78 is 10.2. The number of allylic oxidation sites excluding steroid dienone is 9. The maximum absolute atomic E-state index is 5.26. The van der Waals surface area contributed by atoms with E-state index in [1.165, 1.54) is 0 Å². The van der Waals surface area contributed by atoms with Crippen molar-refractivity contribution in [3.8, 4) is 0 Å². The molecule has 19 heavy (non-hydrogen) atoms. The molecule has 94 valence electrons. The number of ether oxygens (including phenoxy) is 1. The number of hydrogen-bond acceptors (Lipinski definition) is 1. The smallest absolute Gasteiger partial charge is 0.318 e. The SMILES string of the molecule is C(=CC=Cc1cc[o+]cc1)C=CC=C1C=CC=CO1. The van der Waals surface area contributed by atoms with Crippen molar-refractivity contribution in [2.45, 2.75) is 0 Å². The standard InChI is InChI=1S/C17H15O2/c1(2-4-8-16-11-14-18-15-12-16)3-5-9-17-10-6-7-13-19-17/h1-15H/q+1.